The number of nitrogens with two attached hydrogens (primary N) is 1. The number of primary amides is 1. The number of carbonyl (C=O) groups is 1. The van der Waals surface area contributed by atoms with E-state index in [9.17, 15) is 4.79 Å². The van der Waals surface area contributed by atoms with Crippen molar-refractivity contribution in [2.45, 2.75) is 32.2 Å². The van der Waals surface area contributed by atoms with Crippen LogP contribution in [0.1, 0.15) is 26.2 Å². The summed E-state index contributed by atoms with van der Waals surface area (Å²) in [4.78, 5) is 13.6. The molecule has 92 valence electrons. The zero-order valence-corrected chi connectivity index (χ0v) is 10.1. The van der Waals surface area contributed by atoms with Gasteiger partial charge in [-0.1, -0.05) is 13.3 Å². The van der Waals surface area contributed by atoms with Crippen LogP contribution in [0, 0.1) is 11.8 Å². The van der Waals surface area contributed by atoms with Crippen LogP contribution in [0.15, 0.2) is 0 Å². The molecule has 2 aliphatic rings. The Morgan fingerprint density at radius 3 is 2.62 bits per heavy atom. The SMILES string of the molecule is CCC1CNCC1N1CCC(C(N)=O)CC1. The Balaban J connectivity index is 1.86. The Bertz CT molecular complexity index is 249. The lowest BCUT2D eigenvalue weighted by atomic mass is 9.92. The van der Waals surface area contributed by atoms with Gasteiger partial charge in [-0.25, -0.2) is 0 Å². The number of amides is 1. The largest absolute Gasteiger partial charge is 0.369 e. The normalized spacial score (nSPS) is 33.1. The predicted molar refractivity (Wildman–Crippen MR) is 63.9 cm³/mol. The van der Waals surface area contributed by atoms with Gasteiger partial charge in [0, 0.05) is 18.5 Å². The summed E-state index contributed by atoms with van der Waals surface area (Å²) in [7, 11) is 0. The zero-order valence-electron chi connectivity index (χ0n) is 10.1. The van der Waals surface area contributed by atoms with Crippen molar-refractivity contribution in [1.29, 1.82) is 0 Å². The van der Waals surface area contributed by atoms with Crippen LogP contribution in [-0.2, 0) is 4.79 Å². The Morgan fingerprint density at radius 2 is 2.06 bits per heavy atom. The van der Waals surface area contributed by atoms with Crippen LogP contribution in [0.5, 0.6) is 0 Å². The molecular weight excluding hydrogens is 202 g/mol. The van der Waals surface area contributed by atoms with E-state index < -0.39 is 0 Å². The van der Waals surface area contributed by atoms with Gasteiger partial charge in [0.05, 0.1) is 0 Å². The molecule has 2 fully saturated rings. The van der Waals surface area contributed by atoms with E-state index >= 15 is 0 Å². The molecule has 0 aliphatic carbocycles. The molecule has 2 atom stereocenters. The van der Waals surface area contributed by atoms with Gasteiger partial charge in [-0.3, -0.25) is 9.69 Å². The highest BCUT2D eigenvalue weighted by Gasteiger charge is 2.33. The Hall–Kier alpha value is -0.610. The quantitative estimate of drug-likeness (QED) is 0.720. The van der Waals surface area contributed by atoms with E-state index in [-0.39, 0.29) is 11.8 Å². The lowest BCUT2D eigenvalue weighted by molar-refractivity contribution is -0.123. The minimum Gasteiger partial charge on any atom is -0.369 e. The standard InChI is InChI=1S/C12H23N3O/c1-2-9-7-14-8-11(9)15-5-3-10(4-6-15)12(13)16/h9-11,14H,2-8H2,1H3,(H2,13,16). The number of hydrogen-bond acceptors (Lipinski definition) is 3. The second-order valence-electron chi connectivity index (χ2n) is 5.11. The third kappa shape index (κ3) is 2.38. The molecule has 2 rings (SSSR count). The lowest BCUT2D eigenvalue weighted by Gasteiger charge is -2.37. The van der Waals surface area contributed by atoms with Crippen molar-refractivity contribution in [3.05, 3.63) is 0 Å². The fourth-order valence-corrected chi connectivity index (χ4v) is 3.08. The summed E-state index contributed by atoms with van der Waals surface area (Å²) >= 11 is 0. The Morgan fingerprint density at radius 1 is 1.38 bits per heavy atom. The van der Waals surface area contributed by atoms with Crippen molar-refractivity contribution in [3.63, 3.8) is 0 Å². The van der Waals surface area contributed by atoms with Gasteiger partial charge in [0.25, 0.3) is 0 Å². The van der Waals surface area contributed by atoms with Crippen molar-refractivity contribution in [2.24, 2.45) is 17.6 Å². The van der Waals surface area contributed by atoms with E-state index in [1.54, 1.807) is 0 Å². The molecule has 1 amide bonds. The van der Waals surface area contributed by atoms with Gasteiger partial charge < -0.3 is 11.1 Å². The highest BCUT2D eigenvalue weighted by atomic mass is 16.1. The molecule has 2 aliphatic heterocycles. The summed E-state index contributed by atoms with van der Waals surface area (Å²) in [6, 6.07) is 0.679. The number of likely N-dealkylation sites (tertiary alicyclic amines) is 1. The number of rotatable bonds is 3. The fraction of sp³-hybridized carbons (Fsp3) is 0.917. The number of nitrogens with one attached hydrogen (secondary N) is 1. The zero-order chi connectivity index (χ0) is 11.5. The van der Waals surface area contributed by atoms with Crippen LogP contribution in [0.4, 0.5) is 0 Å². The molecule has 2 saturated heterocycles. The first-order valence-corrected chi connectivity index (χ1v) is 6.46. The highest BCUT2D eigenvalue weighted by Crippen LogP contribution is 2.24. The van der Waals surface area contributed by atoms with E-state index in [4.69, 9.17) is 5.73 Å². The van der Waals surface area contributed by atoms with Crippen molar-refractivity contribution in [1.82, 2.24) is 10.2 Å². The maximum atomic E-state index is 11.1. The molecule has 0 aromatic heterocycles. The van der Waals surface area contributed by atoms with Crippen molar-refractivity contribution >= 4 is 5.91 Å². The van der Waals surface area contributed by atoms with E-state index in [2.05, 4.69) is 17.1 Å². The Kier molecular flexibility index (Phi) is 3.82. The van der Waals surface area contributed by atoms with Crippen molar-refractivity contribution in [3.8, 4) is 0 Å². The highest BCUT2D eigenvalue weighted by molar-refractivity contribution is 5.76. The van der Waals surface area contributed by atoms with Gasteiger partial charge in [-0.2, -0.15) is 0 Å². The maximum absolute atomic E-state index is 11.1. The van der Waals surface area contributed by atoms with Crippen LogP contribution in [0.2, 0.25) is 0 Å². The van der Waals surface area contributed by atoms with E-state index in [1.807, 2.05) is 0 Å². The monoisotopic (exact) mass is 225 g/mol. The summed E-state index contributed by atoms with van der Waals surface area (Å²) in [5, 5.41) is 3.47. The van der Waals surface area contributed by atoms with Gasteiger partial charge in [0.2, 0.25) is 5.91 Å². The first-order chi connectivity index (χ1) is 7.72. The second-order valence-corrected chi connectivity index (χ2v) is 5.11. The summed E-state index contributed by atoms with van der Waals surface area (Å²) in [6.45, 7) is 6.60. The molecule has 0 bridgehead atoms. The average molecular weight is 225 g/mol. The number of carbonyl (C=O) groups excluding carboxylic acids is 1. The summed E-state index contributed by atoms with van der Waals surface area (Å²) in [5.41, 5.74) is 5.35. The molecule has 0 radical (unpaired) electrons. The number of piperidine rings is 1. The van der Waals surface area contributed by atoms with E-state index in [1.165, 1.54) is 6.42 Å². The summed E-state index contributed by atoms with van der Waals surface area (Å²) in [6.07, 6.45) is 3.14. The average Bonchev–Trinajstić information content (AvgIpc) is 2.77. The molecule has 4 nitrogen and oxygen atoms in total. The van der Waals surface area contributed by atoms with Crippen LogP contribution < -0.4 is 11.1 Å². The van der Waals surface area contributed by atoms with Gasteiger partial charge >= 0.3 is 0 Å². The minimum absolute atomic E-state index is 0.115. The first kappa shape index (κ1) is 11.9. The van der Waals surface area contributed by atoms with Gasteiger partial charge in [0.15, 0.2) is 0 Å². The third-order valence-electron chi connectivity index (χ3n) is 4.23. The maximum Gasteiger partial charge on any atom is 0.220 e. The molecule has 3 N–H and O–H groups in total. The molecule has 16 heavy (non-hydrogen) atoms. The van der Waals surface area contributed by atoms with Gasteiger partial charge in [-0.15, -0.1) is 0 Å². The molecule has 0 saturated carbocycles. The van der Waals surface area contributed by atoms with E-state index in [0.29, 0.717) is 6.04 Å². The molecule has 0 aromatic rings. The molecule has 2 heterocycles. The smallest absolute Gasteiger partial charge is 0.220 e. The fourth-order valence-electron chi connectivity index (χ4n) is 3.08. The third-order valence-corrected chi connectivity index (χ3v) is 4.23. The topological polar surface area (TPSA) is 58.4 Å². The molecule has 0 aromatic carbocycles. The molecule has 0 spiro atoms. The number of nitrogens with zero attached hydrogens (tertiary/aromatic N) is 1. The van der Waals surface area contributed by atoms with Crippen LogP contribution in [0.3, 0.4) is 0 Å². The van der Waals surface area contributed by atoms with Gasteiger partial charge in [-0.05, 0) is 38.4 Å². The first-order valence-electron chi connectivity index (χ1n) is 6.46. The second kappa shape index (κ2) is 5.15. The van der Waals surface area contributed by atoms with Crippen LogP contribution in [-0.4, -0.2) is 43.0 Å². The predicted octanol–water partition coefficient (Wildman–Crippen LogP) is 0.182. The van der Waals surface area contributed by atoms with Crippen molar-refractivity contribution < 1.29 is 4.79 Å². The van der Waals surface area contributed by atoms with Gasteiger partial charge in [0.1, 0.15) is 0 Å². The Labute approximate surface area is 97.6 Å². The summed E-state index contributed by atoms with van der Waals surface area (Å²) in [5.74, 6) is 0.784. The molecular formula is C12H23N3O. The van der Waals surface area contributed by atoms with E-state index in [0.717, 1.165) is 44.9 Å². The lowest BCUT2D eigenvalue weighted by Crippen LogP contribution is -2.47. The van der Waals surface area contributed by atoms with Crippen molar-refractivity contribution in [2.75, 3.05) is 26.2 Å². The molecule has 4 heteroatoms. The molecule has 2 unspecified atom stereocenters. The van der Waals surface area contributed by atoms with Crippen LogP contribution in [0.25, 0.3) is 0 Å². The number of hydrogen-bond donors (Lipinski definition) is 2. The van der Waals surface area contributed by atoms with Crippen LogP contribution >= 0.6 is 0 Å². The minimum atomic E-state index is -0.115. The summed E-state index contributed by atoms with van der Waals surface area (Å²) < 4.78 is 0.